The average Bonchev–Trinajstić information content (AvgIpc) is 3.30. The van der Waals surface area contributed by atoms with E-state index in [4.69, 9.17) is 4.98 Å². The molecular formula is C27H29N3O2S. The topological polar surface area (TPSA) is 64.0 Å². The smallest absolute Gasteiger partial charge is 0.258 e. The van der Waals surface area contributed by atoms with Crippen LogP contribution in [0.2, 0.25) is 0 Å². The first-order valence-corrected chi connectivity index (χ1v) is 12.8. The largest absolute Gasteiger partial charge is 0.351 e. The molecule has 1 amide bonds. The third kappa shape index (κ3) is 4.12. The van der Waals surface area contributed by atoms with Gasteiger partial charge in [0.05, 0.1) is 17.0 Å². The molecule has 5 rings (SSSR count). The summed E-state index contributed by atoms with van der Waals surface area (Å²) in [6.07, 6.45) is 5.33. The van der Waals surface area contributed by atoms with Crippen molar-refractivity contribution in [3.05, 3.63) is 81.6 Å². The van der Waals surface area contributed by atoms with Gasteiger partial charge in [-0.25, -0.2) is 4.98 Å². The van der Waals surface area contributed by atoms with Crippen LogP contribution in [0.4, 0.5) is 0 Å². The molecule has 5 nitrogen and oxygen atoms in total. The number of carbonyl (C=O) groups excluding carboxylic acids is 1. The Bertz CT molecular complexity index is 1230. The molecule has 1 aromatic heterocycles. The fraction of sp³-hybridized carbons (Fsp3) is 0.370. The average molecular weight is 460 g/mol. The van der Waals surface area contributed by atoms with E-state index in [2.05, 4.69) is 23.5 Å². The van der Waals surface area contributed by atoms with Gasteiger partial charge in [-0.3, -0.25) is 14.2 Å². The quantitative estimate of drug-likeness (QED) is 0.428. The molecule has 6 heteroatoms. The van der Waals surface area contributed by atoms with E-state index in [9.17, 15) is 9.59 Å². The number of benzene rings is 2. The van der Waals surface area contributed by atoms with Crippen LogP contribution in [0.5, 0.6) is 0 Å². The van der Waals surface area contributed by atoms with Crippen molar-refractivity contribution in [3.63, 3.8) is 0 Å². The van der Waals surface area contributed by atoms with Crippen LogP contribution in [0.15, 0.2) is 64.5 Å². The molecule has 1 heterocycles. The first-order chi connectivity index (χ1) is 16.1. The van der Waals surface area contributed by atoms with E-state index in [1.807, 2.05) is 43.3 Å². The van der Waals surface area contributed by atoms with Crippen LogP contribution in [0.25, 0.3) is 11.3 Å². The highest BCUT2D eigenvalue weighted by Crippen LogP contribution is 2.49. The Morgan fingerprint density at radius 3 is 2.58 bits per heavy atom. The van der Waals surface area contributed by atoms with Gasteiger partial charge < -0.3 is 5.32 Å². The summed E-state index contributed by atoms with van der Waals surface area (Å²) in [6.45, 7) is 3.02. The molecule has 0 aliphatic heterocycles. The van der Waals surface area contributed by atoms with Crippen LogP contribution in [0, 0.1) is 0 Å². The van der Waals surface area contributed by atoms with Crippen molar-refractivity contribution >= 4 is 17.7 Å². The van der Waals surface area contributed by atoms with E-state index in [1.165, 1.54) is 17.3 Å². The lowest BCUT2D eigenvalue weighted by Crippen LogP contribution is -2.40. The molecule has 0 unspecified atom stereocenters. The van der Waals surface area contributed by atoms with Gasteiger partial charge in [0.1, 0.15) is 0 Å². The fourth-order valence-corrected chi connectivity index (χ4v) is 6.30. The molecule has 3 aromatic rings. The molecule has 2 aromatic carbocycles. The highest BCUT2D eigenvalue weighted by atomic mass is 32.2. The van der Waals surface area contributed by atoms with Crippen molar-refractivity contribution in [2.45, 2.75) is 62.7 Å². The zero-order chi connectivity index (χ0) is 22.8. The molecule has 2 aliphatic carbocycles. The number of rotatable bonds is 6. The van der Waals surface area contributed by atoms with Gasteiger partial charge in [-0.1, -0.05) is 79.2 Å². The second-order valence-electron chi connectivity index (χ2n) is 9.04. The second kappa shape index (κ2) is 9.18. The highest BCUT2D eigenvalue weighted by molar-refractivity contribution is 7.99. The van der Waals surface area contributed by atoms with E-state index < -0.39 is 0 Å². The van der Waals surface area contributed by atoms with Crippen LogP contribution in [-0.4, -0.2) is 21.2 Å². The minimum absolute atomic E-state index is 0.0638. The zero-order valence-electron chi connectivity index (χ0n) is 19.0. The minimum Gasteiger partial charge on any atom is -0.351 e. The number of fused-ring (bicyclic) bond motifs is 4. The molecule has 0 bridgehead atoms. The second-order valence-corrected chi connectivity index (χ2v) is 9.98. The Kier molecular flexibility index (Phi) is 6.11. The lowest BCUT2D eigenvalue weighted by Gasteiger charge is -2.36. The summed E-state index contributed by atoms with van der Waals surface area (Å²) >= 11 is 1.35. The van der Waals surface area contributed by atoms with E-state index >= 15 is 0 Å². The van der Waals surface area contributed by atoms with Crippen molar-refractivity contribution in [1.82, 2.24) is 14.9 Å². The number of hydrogen-bond acceptors (Lipinski definition) is 4. The van der Waals surface area contributed by atoms with Crippen molar-refractivity contribution in [2.75, 3.05) is 5.75 Å². The monoisotopic (exact) mass is 459 g/mol. The molecule has 0 radical (unpaired) electrons. The number of carbonyl (C=O) groups is 1. The Labute approximate surface area is 198 Å². The first kappa shape index (κ1) is 22.0. The van der Waals surface area contributed by atoms with Crippen LogP contribution in [-0.2, 0) is 29.7 Å². The van der Waals surface area contributed by atoms with E-state index in [0.29, 0.717) is 18.2 Å². The van der Waals surface area contributed by atoms with E-state index in [-0.39, 0.29) is 22.6 Å². The van der Waals surface area contributed by atoms with E-state index in [1.54, 1.807) is 4.57 Å². The van der Waals surface area contributed by atoms with Crippen LogP contribution >= 0.6 is 11.8 Å². The summed E-state index contributed by atoms with van der Waals surface area (Å²) in [7, 11) is 0. The molecule has 1 spiro atoms. The first-order valence-electron chi connectivity index (χ1n) is 11.8. The molecule has 170 valence electrons. The maximum Gasteiger partial charge on any atom is 0.258 e. The third-order valence-corrected chi connectivity index (χ3v) is 7.98. The molecule has 1 saturated carbocycles. The minimum atomic E-state index is -0.0963. The van der Waals surface area contributed by atoms with Crippen molar-refractivity contribution in [1.29, 1.82) is 0 Å². The lowest BCUT2D eigenvalue weighted by atomic mass is 9.68. The SMILES string of the molecule is CCn1c(SCC(=O)NCc2ccccc2)nc2c(c1=O)C1(CCCC1)Cc1ccccc1-2. The van der Waals surface area contributed by atoms with Gasteiger partial charge in [-0.05, 0) is 37.3 Å². The predicted molar refractivity (Wildman–Crippen MR) is 132 cm³/mol. The summed E-state index contributed by atoms with van der Waals surface area (Å²) in [5, 5.41) is 3.59. The summed E-state index contributed by atoms with van der Waals surface area (Å²) in [4.78, 5) is 31.4. The molecule has 0 saturated heterocycles. The Hall–Kier alpha value is -2.86. The van der Waals surface area contributed by atoms with Gasteiger partial charge in [0.2, 0.25) is 5.91 Å². The normalized spacial score (nSPS) is 15.8. The van der Waals surface area contributed by atoms with Crippen LogP contribution < -0.4 is 10.9 Å². The molecular weight excluding hydrogens is 430 g/mol. The molecule has 1 fully saturated rings. The van der Waals surface area contributed by atoms with Gasteiger partial charge in [0.15, 0.2) is 5.16 Å². The predicted octanol–water partition coefficient (Wildman–Crippen LogP) is 4.71. The van der Waals surface area contributed by atoms with Gasteiger partial charge in [0.25, 0.3) is 5.56 Å². The van der Waals surface area contributed by atoms with Gasteiger partial charge in [-0.2, -0.15) is 0 Å². The number of hydrogen-bond donors (Lipinski definition) is 1. The summed E-state index contributed by atoms with van der Waals surface area (Å²) in [6, 6.07) is 18.2. The molecule has 33 heavy (non-hydrogen) atoms. The molecule has 0 atom stereocenters. The zero-order valence-corrected chi connectivity index (χ0v) is 19.8. The number of nitrogens with zero attached hydrogens (tertiary/aromatic N) is 2. The number of nitrogens with one attached hydrogen (secondary N) is 1. The van der Waals surface area contributed by atoms with Gasteiger partial charge in [-0.15, -0.1) is 0 Å². The maximum atomic E-state index is 13.8. The number of thioether (sulfide) groups is 1. The molecule has 1 N–H and O–H groups in total. The van der Waals surface area contributed by atoms with Crippen molar-refractivity contribution < 1.29 is 4.79 Å². The highest BCUT2D eigenvalue weighted by Gasteiger charge is 2.44. The maximum absolute atomic E-state index is 13.8. The standard InChI is InChI=1S/C27H29N3O2S/c1-2-30-25(32)23-24(21-13-7-6-12-20(21)16-27(23)14-8-9-15-27)29-26(30)33-18-22(31)28-17-19-10-4-3-5-11-19/h3-7,10-13H,2,8-9,14-18H2,1H3,(H,28,31). The van der Waals surface area contributed by atoms with Crippen molar-refractivity contribution in [3.8, 4) is 11.3 Å². The number of amides is 1. The van der Waals surface area contributed by atoms with Crippen LogP contribution in [0.3, 0.4) is 0 Å². The Balaban J connectivity index is 1.45. The molecule has 2 aliphatic rings. The fourth-order valence-electron chi connectivity index (χ4n) is 5.41. The Morgan fingerprint density at radius 2 is 1.82 bits per heavy atom. The number of aromatic nitrogens is 2. The van der Waals surface area contributed by atoms with Crippen molar-refractivity contribution in [2.24, 2.45) is 0 Å². The summed E-state index contributed by atoms with van der Waals surface area (Å²) < 4.78 is 1.77. The summed E-state index contributed by atoms with van der Waals surface area (Å²) in [5.41, 5.74) is 5.13. The van der Waals surface area contributed by atoms with Gasteiger partial charge in [0, 0.05) is 24.1 Å². The summed E-state index contributed by atoms with van der Waals surface area (Å²) in [5.74, 6) is 0.163. The van der Waals surface area contributed by atoms with Gasteiger partial charge >= 0.3 is 0 Å². The lowest BCUT2D eigenvalue weighted by molar-refractivity contribution is -0.118. The Morgan fingerprint density at radius 1 is 1.09 bits per heavy atom. The van der Waals surface area contributed by atoms with E-state index in [0.717, 1.165) is 54.5 Å². The third-order valence-electron chi connectivity index (χ3n) is 7.01. The van der Waals surface area contributed by atoms with Crippen LogP contribution in [0.1, 0.15) is 49.3 Å².